The van der Waals surface area contributed by atoms with Crippen LogP contribution in [0.1, 0.15) is 49.4 Å². The molecule has 2 unspecified atom stereocenters. The van der Waals surface area contributed by atoms with Crippen LogP contribution in [0.4, 0.5) is 5.69 Å². The molecule has 4 nitrogen and oxygen atoms in total. The predicted molar refractivity (Wildman–Crippen MR) is 132 cm³/mol. The van der Waals surface area contributed by atoms with Gasteiger partial charge in [-0.15, -0.1) is 0 Å². The summed E-state index contributed by atoms with van der Waals surface area (Å²) in [6.45, 7) is 9.57. The maximum atomic E-state index is 13.7. The van der Waals surface area contributed by atoms with Crippen LogP contribution in [0, 0.1) is 0 Å². The van der Waals surface area contributed by atoms with Gasteiger partial charge in [-0.05, 0) is 61.1 Å². The SMILES string of the molecule is C=C(C)OC1(C)C(=O)N(C2CCN(C3Cc4cccc5cccc3c45)CC2)c2ccccc21. The number of piperidine rings is 1. The first kappa shape index (κ1) is 20.5. The van der Waals surface area contributed by atoms with Crippen molar-refractivity contribution >= 4 is 22.4 Å². The number of ether oxygens (including phenoxy) is 1. The molecular weight excluding hydrogens is 408 g/mol. The highest BCUT2D eigenvalue weighted by Crippen LogP contribution is 2.46. The Morgan fingerprint density at radius 2 is 1.76 bits per heavy atom. The number of allylic oxidation sites excluding steroid dienone is 1. The summed E-state index contributed by atoms with van der Waals surface area (Å²) in [4.78, 5) is 18.3. The van der Waals surface area contributed by atoms with Gasteiger partial charge < -0.3 is 9.64 Å². The molecule has 0 spiro atoms. The third-order valence-corrected chi connectivity index (χ3v) is 7.78. The Labute approximate surface area is 195 Å². The molecule has 1 fully saturated rings. The first-order valence-corrected chi connectivity index (χ1v) is 12.0. The van der Waals surface area contributed by atoms with Crippen LogP contribution in [-0.4, -0.2) is 29.9 Å². The Morgan fingerprint density at radius 1 is 1.03 bits per heavy atom. The number of fused-ring (bicyclic) bond motifs is 1. The second-order valence-corrected chi connectivity index (χ2v) is 9.88. The van der Waals surface area contributed by atoms with Crippen LogP contribution >= 0.6 is 0 Å². The molecule has 2 atom stereocenters. The fourth-order valence-corrected chi connectivity index (χ4v) is 6.35. The Morgan fingerprint density at radius 3 is 2.52 bits per heavy atom. The average molecular weight is 439 g/mol. The van der Waals surface area contributed by atoms with Gasteiger partial charge in [0.25, 0.3) is 5.91 Å². The molecule has 33 heavy (non-hydrogen) atoms. The molecule has 3 aromatic rings. The van der Waals surface area contributed by atoms with Gasteiger partial charge in [0.2, 0.25) is 5.60 Å². The van der Waals surface area contributed by atoms with Gasteiger partial charge >= 0.3 is 0 Å². The van der Waals surface area contributed by atoms with Gasteiger partial charge in [-0.2, -0.15) is 0 Å². The molecule has 0 aromatic heterocycles. The van der Waals surface area contributed by atoms with Crippen LogP contribution in [-0.2, 0) is 21.6 Å². The van der Waals surface area contributed by atoms with Crippen LogP contribution in [0.25, 0.3) is 10.8 Å². The summed E-state index contributed by atoms with van der Waals surface area (Å²) < 4.78 is 6.03. The maximum Gasteiger partial charge on any atom is 0.275 e. The lowest BCUT2D eigenvalue weighted by atomic mass is 9.97. The molecule has 4 heteroatoms. The molecule has 0 bridgehead atoms. The molecule has 1 saturated heterocycles. The third-order valence-electron chi connectivity index (χ3n) is 7.78. The molecule has 0 radical (unpaired) electrons. The molecule has 6 rings (SSSR count). The van der Waals surface area contributed by atoms with Crippen LogP contribution in [0.2, 0.25) is 0 Å². The highest BCUT2D eigenvalue weighted by Gasteiger charge is 2.52. The van der Waals surface area contributed by atoms with E-state index in [9.17, 15) is 4.79 Å². The van der Waals surface area contributed by atoms with Gasteiger partial charge in [-0.1, -0.05) is 61.2 Å². The van der Waals surface area contributed by atoms with Gasteiger partial charge in [0, 0.05) is 30.7 Å². The Hall–Kier alpha value is -3.11. The summed E-state index contributed by atoms with van der Waals surface area (Å²) in [5.41, 5.74) is 3.86. The van der Waals surface area contributed by atoms with E-state index in [2.05, 4.69) is 53.9 Å². The summed E-state index contributed by atoms with van der Waals surface area (Å²) in [5, 5.41) is 2.79. The number of rotatable bonds is 4. The highest BCUT2D eigenvalue weighted by molar-refractivity contribution is 6.07. The number of benzene rings is 3. The first-order chi connectivity index (χ1) is 16.0. The molecule has 3 aliphatic rings. The van der Waals surface area contributed by atoms with E-state index in [4.69, 9.17) is 4.74 Å². The van der Waals surface area contributed by atoms with Gasteiger partial charge in [-0.25, -0.2) is 0 Å². The minimum atomic E-state index is -0.998. The normalized spacial score (nSPS) is 25.0. The number of likely N-dealkylation sites (tertiary alicyclic amines) is 1. The van der Waals surface area contributed by atoms with Crippen LogP contribution in [0.3, 0.4) is 0 Å². The summed E-state index contributed by atoms with van der Waals surface area (Å²) in [6.07, 6.45) is 3.01. The van der Waals surface area contributed by atoms with Crippen molar-refractivity contribution in [3.05, 3.63) is 89.7 Å². The van der Waals surface area contributed by atoms with E-state index in [0.717, 1.165) is 43.6 Å². The van der Waals surface area contributed by atoms with E-state index < -0.39 is 5.60 Å². The number of nitrogens with zero attached hydrogens (tertiary/aromatic N) is 2. The Kier molecular flexibility index (Phi) is 4.63. The highest BCUT2D eigenvalue weighted by atomic mass is 16.5. The van der Waals surface area contributed by atoms with E-state index in [1.54, 1.807) is 0 Å². The zero-order valence-corrected chi connectivity index (χ0v) is 19.4. The van der Waals surface area contributed by atoms with Crippen molar-refractivity contribution in [2.24, 2.45) is 0 Å². The number of amides is 1. The van der Waals surface area contributed by atoms with Crippen molar-refractivity contribution in [1.29, 1.82) is 0 Å². The largest absolute Gasteiger partial charge is 0.478 e. The van der Waals surface area contributed by atoms with Gasteiger partial charge in [0.15, 0.2) is 0 Å². The van der Waals surface area contributed by atoms with E-state index in [1.165, 1.54) is 21.9 Å². The molecule has 168 valence electrons. The zero-order valence-electron chi connectivity index (χ0n) is 19.4. The summed E-state index contributed by atoms with van der Waals surface area (Å²) >= 11 is 0. The minimum Gasteiger partial charge on any atom is -0.478 e. The minimum absolute atomic E-state index is 0.0307. The lowest BCUT2D eigenvalue weighted by molar-refractivity contribution is -0.137. The van der Waals surface area contributed by atoms with Crippen LogP contribution in [0.5, 0.6) is 0 Å². The molecular formula is C29H30N2O2. The van der Waals surface area contributed by atoms with Crippen molar-refractivity contribution in [3.63, 3.8) is 0 Å². The molecule has 1 aliphatic carbocycles. The smallest absolute Gasteiger partial charge is 0.275 e. The Bertz CT molecular complexity index is 1270. The first-order valence-electron chi connectivity index (χ1n) is 12.0. The fraction of sp³-hybridized carbons (Fsp3) is 0.345. The quantitative estimate of drug-likeness (QED) is 0.489. The average Bonchev–Trinajstić information content (AvgIpc) is 3.29. The van der Waals surface area contributed by atoms with Crippen molar-refractivity contribution in [2.45, 2.75) is 50.8 Å². The second-order valence-electron chi connectivity index (χ2n) is 9.88. The predicted octanol–water partition coefficient (Wildman–Crippen LogP) is 5.71. The summed E-state index contributed by atoms with van der Waals surface area (Å²) in [6, 6.07) is 22.1. The molecule has 0 saturated carbocycles. The van der Waals surface area contributed by atoms with Gasteiger partial charge in [-0.3, -0.25) is 9.69 Å². The topological polar surface area (TPSA) is 32.8 Å². The summed E-state index contributed by atoms with van der Waals surface area (Å²) in [5.74, 6) is 0.593. The Balaban J connectivity index is 1.24. The number of hydrogen-bond donors (Lipinski definition) is 0. The van der Waals surface area contributed by atoms with Gasteiger partial charge in [0.1, 0.15) is 0 Å². The summed E-state index contributed by atoms with van der Waals surface area (Å²) in [7, 11) is 0. The molecule has 0 N–H and O–H groups in total. The van der Waals surface area contributed by atoms with Crippen molar-refractivity contribution < 1.29 is 9.53 Å². The van der Waals surface area contributed by atoms with E-state index in [-0.39, 0.29) is 11.9 Å². The lowest BCUT2D eigenvalue weighted by Gasteiger charge is -2.40. The van der Waals surface area contributed by atoms with E-state index in [0.29, 0.717) is 11.8 Å². The number of anilines is 1. The van der Waals surface area contributed by atoms with E-state index >= 15 is 0 Å². The van der Waals surface area contributed by atoms with Crippen LogP contribution in [0.15, 0.2) is 73.0 Å². The van der Waals surface area contributed by atoms with Crippen LogP contribution < -0.4 is 4.90 Å². The molecule has 1 amide bonds. The lowest BCUT2D eigenvalue weighted by Crippen LogP contribution is -2.50. The van der Waals surface area contributed by atoms with E-state index in [1.807, 2.05) is 36.9 Å². The van der Waals surface area contributed by atoms with Crippen molar-refractivity contribution in [3.8, 4) is 0 Å². The molecule has 3 aromatic carbocycles. The van der Waals surface area contributed by atoms with Crippen molar-refractivity contribution in [2.75, 3.05) is 18.0 Å². The molecule has 2 aliphatic heterocycles. The third kappa shape index (κ3) is 3.04. The fourth-order valence-electron chi connectivity index (χ4n) is 6.35. The number of carbonyl (C=O) groups is 1. The van der Waals surface area contributed by atoms with Gasteiger partial charge in [0.05, 0.1) is 11.4 Å². The monoisotopic (exact) mass is 438 g/mol. The number of carbonyl (C=O) groups excluding carboxylic acids is 1. The molecule has 2 heterocycles. The maximum absolute atomic E-state index is 13.7. The number of para-hydroxylation sites is 1. The number of hydrogen-bond acceptors (Lipinski definition) is 3. The zero-order chi connectivity index (χ0) is 22.7. The standard InChI is InChI=1S/C29H30N2O2/c1-19(2)33-29(3)24-12-4-5-13-25(24)31(28(29)32)22-14-16-30(17-15-22)26-18-21-10-6-8-20-9-7-11-23(26)27(20)21/h4-13,22,26H,1,14-18H2,2-3H3. The van der Waals surface area contributed by atoms with Crippen molar-refractivity contribution in [1.82, 2.24) is 4.90 Å². The second kappa shape index (κ2) is 7.46.